The molecule has 0 saturated carbocycles. The standard InChI is InChI=1S/C18H20N2O3/c21-18(19-15-7-3-1-4-8-15)20-11-12-22-17(13-20)14-23-16-9-5-2-6-10-16/h1-10,17H,11-14H2,(H,19,21). The smallest absolute Gasteiger partial charge is 0.322 e. The van der Waals surface area contributed by atoms with Crippen LogP contribution in [0.1, 0.15) is 0 Å². The minimum absolute atomic E-state index is 0.107. The van der Waals surface area contributed by atoms with Crippen molar-refractivity contribution < 1.29 is 14.3 Å². The Bertz CT molecular complexity index is 619. The summed E-state index contributed by atoms with van der Waals surface area (Å²) in [5.74, 6) is 0.807. The number of rotatable bonds is 4. The van der Waals surface area contributed by atoms with E-state index in [0.29, 0.717) is 26.3 Å². The highest BCUT2D eigenvalue weighted by Gasteiger charge is 2.24. The number of carbonyl (C=O) groups excluding carboxylic acids is 1. The normalized spacial score (nSPS) is 17.6. The number of ether oxygens (including phenoxy) is 2. The minimum Gasteiger partial charge on any atom is -0.491 e. The number of amides is 2. The summed E-state index contributed by atoms with van der Waals surface area (Å²) in [5, 5.41) is 2.90. The summed E-state index contributed by atoms with van der Waals surface area (Å²) in [5.41, 5.74) is 0.793. The van der Waals surface area contributed by atoms with Crippen LogP contribution in [0.4, 0.5) is 10.5 Å². The van der Waals surface area contributed by atoms with E-state index < -0.39 is 0 Å². The fourth-order valence-electron chi connectivity index (χ4n) is 2.43. The summed E-state index contributed by atoms with van der Waals surface area (Å²) < 4.78 is 11.4. The van der Waals surface area contributed by atoms with Gasteiger partial charge in [0, 0.05) is 12.2 Å². The molecule has 1 fully saturated rings. The van der Waals surface area contributed by atoms with Gasteiger partial charge in [0.25, 0.3) is 0 Å². The van der Waals surface area contributed by atoms with E-state index in [1.165, 1.54) is 0 Å². The second-order valence-corrected chi connectivity index (χ2v) is 5.36. The number of para-hydroxylation sites is 2. The maximum atomic E-state index is 12.3. The highest BCUT2D eigenvalue weighted by Crippen LogP contribution is 2.13. The summed E-state index contributed by atoms with van der Waals surface area (Å²) in [6, 6.07) is 18.9. The van der Waals surface area contributed by atoms with Crippen molar-refractivity contribution in [3.8, 4) is 5.75 Å². The number of morpholine rings is 1. The molecule has 5 nitrogen and oxygen atoms in total. The molecule has 1 aliphatic heterocycles. The Hall–Kier alpha value is -2.53. The van der Waals surface area contributed by atoms with E-state index in [4.69, 9.17) is 9.47 Å². The van der Waals surface area contributed by atoms with Crippen molar-refractivity contribution in [3.63, 3.8) is 0 Å². The molecule has 5 heteroatoms. The lowest BCUT2D eigenvalue weighted by Gasteiger charge is -2.32. The predicted molar refractivity (Wildman–Crippen MR) is 88.7 cm³/mol. The molecule has 2 amide bonds. The van der Waals surface area contributed by atoms with Crippen molar-refractivity contribution in [2.45, 2.75) is 6.10 Å². The zero-order valence-electron chi connectivity index (χ0n) is 12.9. The molecule has 0 bridgehead atoms. The third kappa shape index (κ3) is 4.47. The van der Waals surface area contributed by atoms with Gasteiger partial charge < -0.3 is 19.7 Å². The topological polar surface area (TPSA) is 50.8 Å². The highest BCUT2D eigenvalue weighted by atomic mass is 16.5. The van der Waals surface area contributed by atoms with Crippen molar-refractivity contribution in [1.29, 1.82) is 0 Å². The van der Waals surface area contributed by atoms with E-state index in [1.807, 2.05) is 60.7 Å². The molecular weight excluding hydrogens is 292 g/mol. The number of anilines is 1. The molecule has 1 atom stereocenters. The fraction of sp³-hybridized carbons (Fsp3) is 0.278. The van der Waals surface area contributed by atoms with E-state index in [2.05, 4.69) is 5.32 Å². The van der Waals surface area contributed by atoms with Gasteiger partial charge in [0.15, 0.2) is 0 Å². The SMILES string of the molecule is O=C(Nc1ccccc1)N1CCOC(COc2ccccc2)C1. The third-order valence-electron chi connectivity index (χ3n) is 3.63. The van der Waals surface area contributed by atoms with Crippen molar-refractivity contribution >= 4 is 11.7 Å². The van der Waals surface area contributed by atoms with Gasteiger partial charge >= 0.3 is 6.03 Å². The first-order chi connectivity index (χ1) is 11.3. The number of hydrogen-bond acceptors (Lipinski definition) is 3. The second kappa shape index (κ2) is 7.65. The number of hydrogen-bond donors (Lipinski definition) is 1. The summed E-state index contributed by atoms with van der Waals surface area (Å²) in [4.78, 5) is 14.1. The van der Waals surface area contributed by atoms with Crippen LogP contribution in [0.3, 0.4) is 0 Å². The largest absolute Gasteiger partial charge is 0.491 e. The Kier molecular flexibility index (Phi) is 5.11. The van der Waals surface area contributed by atoms with Crippen LogP contribution >= 0.6 is 0 Å². The fourth-order valence-corrected chi connectivity index (χ4v) is 2.43. The number of nitrogens with one attached hydrogen (secondary N) is 1. The molecule has 1 aliphatic rings. The highest BCUT2D eigenvalue weighted by molar-refractivity contribution is 5.89. The molecule has 1 saturated heterocycles. The van der Waals surface area contributed by atoms with E-state index in [9.17, 15) is 4.79 Å². The third-order valence-corrected chi connectivity index (χ3v) is 3.63. The first-order valence-corrected chi connectivity index (χ1v) is 7.72. The van der Waals surface area contributed by atoms with Crippen molar-refractivity contribution in [3.05, 3.63) is 60.7 Å². The van der Waals surface area contributed by atoms with Gasteiger partial charge in [-0.1, -0.05) is 36.4 Å². The van der Waals surface area contributed by atoms with Gasteiger partial charge in [0.2, 0.25) is 0 Å². The lowest BCUT2D eigenvalue weighted by Crippen LogP contribution is -2.49. The van der Waals surface area contributed by atoms with Gasteiger partial charge in [-0.15, -0.1) is 0 Å². The van der Waals surface area contributed by atoms with Crippen LogP contribution in [0.25, 0.3) is 0 Å². The Morgan fingerprint density at radius 3 is 2.57 bits per heavy atom. The quantitative estimate of drug-likeness (QED) is 0.944. The van der Waals surface area contributed by atoms with Crippen LogP contribution in [-0.4, -0.2) is 43.3 Å². The van der Waals surface area contributed by atoms with Crippen LogP contribution < -0.4 is 10.1 Å². The van der Waals surface area contributed by atoms with Gasteiger partial charge in [0.05, 0.1) is 13.2 Å². The number of carbonyl (C=O) groups is 1. The number of benzene rings is 2. The summed E-state index contributed by atoms with van der Waals surface area (Å²) in [6.45, 7) is 2.05. The molecule has 1 N–H and O–H groups in total. The number of urea groups is 1. The molecule has 2 aromatic rings. The maximum Gasteiger partial charge on any atom is 0.322 e. The maximum absolute atomic E-state index is 12.3. The van der Waals surface area contributed by atoms with Crippen LogP contribution in [0, 0.1) is 0 Å². The van der Waals surface area contributed by atoms with Gasteiger partial charge in [0.1, 0.15) is 18.5 Å². The Balaban J connectivity index is 1.50. The molecule has 3 rings (SSSR count). The van der Waals surface area contributed by atoms with Gasteiger partial charge in [-0.05, 0) is 24.3 Å². The number of nitrogens with zero attached hydrogens (tertiary/aromatic N) is 1. The summed E-state index contributed by atoms with van der Waals surface area (Å²) in [6.07, 6.45) is -0.120. The first kappa shape index (κ1) is 15.4. The molecule has 120 valence electrons. The Morgan fingerprint density at radius 1 is 1.13 bits per heavy atom. The molecule has 1 heterocycles. The van der Waals surface area contributed by atoms with E-state index >= 15 is 0 Å². The molecular formula is C18H20N2O3. The molecule has 0 spiro atoms. The zero-order chi connectivity index (χ0) is 15.9. The zero-order valence-corrected chi connectivity index (χ0v) is 12.9. The van der Waals surface area contributed by atoms with E-state index in [1.54, 1.807) is 4.90 Å². The predicted octanol–water partition coefficient (Wildman–Crippen LogP) is 3.00. The van der Waals surface area contributed by atoms with Crippen LogP contribution in [0.5, 0.6) is 5.75 Å². The lowest BCUT2D eigenvalue weighted by molar-refractivity contribution is -0.0336. The van der Waals surface area contributed by atoms with Crippen molar-refractivity contribution in [1.82, 2.24) is 4.90 Å². The molecule has 2 aromatic carbocycles. The van der Waals surface area contributed by atoms with E-state index in [-0.39, 0.29) is 12.1 Å². The summed E-state index contributed by atoms with van der Waals surface area (Å²) >= 11 is 0. The molecule has 1 unspecified atom stereocenters. The average Bonchev–Trinajstić information content (AvgIpc) is 2.62. The van der Waals surface area contributed by atoms with Gasteiger partial charge in [-0.25, -0.2) is 4.79 Å². The molecule has 0 radical (unpaired) electrons. The molecule has 23 heavy (non-hydrogen) atoms. The first-order valence-electron chi connectivity index (χ1n) is 7.72. The summed E-state index contributed by atoms with van der Waals surface area (Å²) in [7, 11) is 0. The van der Waals surface area contributed by atoms with Crippen molar-refractivity contribution in [2.75, 3.05) is 31.6 Å². The minimum atomic E-state index is -0.120. The monoisotopic (exact) mass is 312 g/mol. The van der Waals surface area contributed by atoms with E-state index in [0.717, 1.165) is 11.4 Å². The van der Waals surface area contributed by atoms with Crippen LogP contribution in [0.15, 0.2) is 60.7 Å². The Morgan fingerprint density at radius 2 is 1.83 bits per heavy atom. The lowest BCUT2D eigenvalue weighted by atomic mass is 10.3. The molecule has 0 aliphatic carbocycles. The van der Waals surface area contributed by atoms with Gasteiger partial charge in [-0.2, -0.15) is 0 Å². The van der Waals surface area contributed by atoms with Gasteiger partial charge in [-0.3, -0.25) is 0 Å². The molecule has 0 aromatic heterocycles. The van der Waals surface area contributed by atoms with Crippen LogP contribution in [0.2, 0.25) is 0 Å². The Labute approximate surface area is 135 Å². The average molecular weight is 312 g/mol. The second-order valence-electron chi connectivity index (χ2n) is 5.36. The van der Waals surface area contributed by atoms with Crippen LogP contribution in [-0.2, 0) is 4.74 Å². The van der Waals surface area contributed by atoms with Crippen molar-refractivity contribution in [2.24, 2.45) is 0 Å².